The Morgan fingerprint density at radius 2 is 2.11 bits per heavy atom. The van der Waals surface area contributed by atoms with Crippen molar-refractivity contribution in [3.05, 3.63) is 15.4 Å². The van der Waals surface area contributed by atoms with Gasteiger partial charge in [-0.1, -0.05) is 12.8 Å². The maximum atomic E-state index is 12.3. The number of hydrogen-bond donors (Lipinski definition) is 2. The van der Waals surface area contributed by atoms with E-state index in [1.807, 2.05) is 6.92 Å². The first-order valence-electron chi connectivity index (χ1n) is 5.89. The topological polar surface area (TPSA) is 72.2 Å². The molecule has 1 aliphatic rings. The lowest BCUT2D eigenvalue weighted by atomic mass is 10.0. The van der Waals surface area contributed by atoms with Crippen LogP contribution >= 0.6 is 27.3 Å². The molecular formula is C11H17BrN2O2S2. The molecule has 18 heavy (non-hydrogen) atoms. The average Bonchev–Trinajstić information content (AvgIpc) is 2.88. The van der Waals surface area contributed by atoms with Crippen LogP contribution in [0.15, 0.2) is 14.1 Å². The van der Waals surface area contributed by atoms with Gasteiger partial charge in [0.25, 0.3) is 10.0 Å². The van der Waals surface area contributed by atoms with Crippen LogP contribution in [0.25, 0.3) is 0 Å². The fraction of sp³-hybridized carbons (Fsp3) is 0.636. The van der Waals surface area contributed by atoms with E-state index in [2.05, 4.69) is 20.7 Å². The Hall–Kier alpha value is 0.0500. The third-order valence-corrected chi connectivity index (χ3v) is 7.59. The molecule has 2 rings (SSSR count). The molecule has 1 saturated carbocycles. The van der Waals surface area contributed by atoms with Crippen LogP contribution in [0.4, 0.5) is 0 Å². The first-order valence-corrected chi connectivity index (χ1v) is 8.98. The van der Waals surface area contributed by atoms with Crippen LogP contribution in [-0.2, 0) is 10.0 Å². The van der Waals surface area contributed by atoms with Gasteiger partial charge in [0, 0.05) is 12.1 Å². The van der Waals surface area contributed by atoms with E-state index in [0.29, 0.717) is 10.8 Å². The number of thiophene rings is 1. The largest absolute Gasteiger partial charge is 0.329 e. The highest BCUT2D eigenvalue weighted by molar-refractivity contribution is 9.11. The summed E-state index contributed by atoms with van der Waals surface area (Å²) >= 11 is 4.59. The van der Waals surface area contributed by atoms with Crippen LogP contribution in [0, 0.1) is 6.92 Å². The minimum absolute atomic E-state index is 0.353. The van der Waals surface area contributed by atoms with Crippen molar-refractivity contribution < 1.29 is 8.42 Å². The SMILES string of the molecule is Cc1cc(S(=O)(=O)NC2(CN)CCCC2)sc1Br. The lowest BCUT2D eigenvalue weighted by Gasteiger charge is -2.27. The zero-order chi connectivity index (χ0) is 13.4. The Morgan fingerprint density at radius 3 is 2.56 bits per heavy atom. The second-order valence-electron chi connectivity index (χ2n) is 4.82. The minimum atomic E-state index is -3.46. The van der Waals surface area contributed by atoms with E-state index < -0.39 is 15.6 Å². The Balaban J connectivity index is 2.26. The van der Waals surface area contributed by atoms with Crippen LogP contribution in [-0.4, -0.2) is 20.5 Å². The maximum absolute atomic E-state index is 12.3. The van der Waals surface area contributed by atoms with Crippen molar-refractivity contribution in [1.29, 1.82) is 0 Å². The van der Waals surface area contributed by atoms with Gasteiger partial charge in [0.1, 0.15) is 4.21 Å². The smallest absolute Gasteiger partial charge is 0.250 e. The Kier molecular flexibility index (Phi) is 4.18. The third-order valence-electron chi connectivity index (χ3n) is 3.40. The van der Waals surface area contributed by atoms with Gasteiger partial charge in [0.05, 0.1) is 3.79 Å². The van der Waals surface area contributed by atoms with Crippen LogP contribution in [0.2, 0.25) is 0 Å². The van der Waals surface area contributed by atoms with Gasteiger partial charge in [-0.25, -0.2) is 13.1 Å². The minimum Gasteiger partial charge on any atom is -0.329 e. The molecule has 102 valence electrons. The summed E-state index contributed by atoms with van der Waals surface area (Å²) in [4.78, 5) is 0. The van der Waals surface area contributed by atoms with E-state index in [4.69, 9.17) is 5.73 Å². The van der Waals surface area contributed by atoms with Crippen molar-refractivity contribution in [1.82, 2.24) is 4.72 Å². The zero-order valence-corrected chi connectivity index (χ0v) is 13.4. The fourth-order valence-corrected chi connectivity index (χ4v) is 5.99. The average molecular weight is 353 g/mol. The summed E-state index contributed by atoms with van der Waals surface area (Å²) in [5, 5.41) is 0. The number of hydrogen-bond acceptors (Lipinski definition) is 4. The summed E-state index contributed by atoms with van der Waals surface area (Å²) in [6.45, 7) is 2.24. The highest BCUT2D eigenvalue weighted by atomic mass is 79.9. The van der Waals surface area contributed by atoms with E-state index >= 15 is 0 Å². The summed E-state index contributed by atoms with van der Waals surface area (Å²) < 4.78 is 28.7. The summed E-state index contributed by atoms with van der Waals surface area (Å²) in [5.74, 6) is 0. The Morgan fingerprint density at radius 1 is 1.50 bits per heavy atom. The lowest BCUT2D eigenvalue weighted by Crippen LogP contribution is -2.51. The van der Waals surface area contributed by atoms with Gasteiger partial charge in [-0.2, -0.15) is 0 Å². The molecule has 0 radical (unpaired) electrons. The second kappa shape index (κ2) is 5.20. The molecule has 0 spiro atoms. The molecular weight excluding hydrogens is 336 g/mol. The van der Waals surface area contributed by atoms with Gasteiger partial charge in [-0.15, -0.1) is 11.3 Å². The van der Waals surface area contributed by atoms with Crippen molar-refractivity contribution in [3.8, 4) is 0 Å². The van der Waals surface area contributed by atoms with E-state index in [0.717, 1.165) is 35.0 Å². The lowest BCUT2D eigenvalue weighted by molar-refractivity contribution is 0.400. The van der Waals surface area contributed by atoms with Crippen LogP contribution < -0.4 is 10.5 Å². The maximum Gasteiger partial charge on any atom is 0.250 e. The molecule has 1 fully saturated rings. The van der Waals surface area contributed by atoms with Crippen molar-refractivity contribution in [2.45, 2.75) is 42.4 Å². The highest BCUT2D eigenvalue weighted by Gasteiger charge is 2.37. The highest BCUT2D eigenvalue weighted by Crippen LogP contribution is 2.34. The summed E-state index contributed by atoms with van der Waals surface area (Å²) in [6, 6.07) is 1.69. The molecule has 1 aromatic heterocycles. The zero-order valence-electron chi connectivity index (χ0n) is 10.2. The molecule has 0 aromatic carbocycles. The van der Waals surface area contributed by atoms with Crippen LogP contribution in [0.1, 0.15) is 31.2 Å². The fourth-order valence-electron chi connectivity index (χ4n) is 2.30. The number of halogens is 1. The van der Waals surface area contributed by atoms with Crippen LogP contribution in [0.5, 0.6) is 0 Å². The molecule has 0 aliphatic heterocycles. The van der Waals surface area contributed by atoms with Crippen molar-refractivity contribution >= 4 is 37.3 Å². The normalized spacial score (nSPS) is 19.3. The van der Waals surface area contributed by atoms with Gasteiger partial charge in [0.15, 0.2) is 0 Å². The molecule has 0 amide bonds. The van der Waals surface area contributed by atoms with Crippen molar-refractivity contribution in [2.24, 2.45) is 5.73 Å². The molecule has 4 nitrogen and oxygen atoms in total. The summed E-state index contributed by atoms with van der Waals surface area (Å²) in [5.41, 5.74) is 6.25. The predicted octanol–water partition coefficient (Wildman–Crippen LogP) is 2.37. The summed E-state index contributed by atoms with van der Waals surface area (Å²) in [6.07, 6.45) is 3.72. The van der Waals surface area contributed by atoms with E-state index in [-0.39, 0.29) is 0 Å². The molecule has 1 heterocycles. The molecule has 1 aliphatic carbocycles. The molecule has 0 unspecified atom stereocenters. The number of sulfonamides is 1. The summed E-state index contributed by atoms with van der Waals surface area (Å²) in [7, 11) is -3.46. The second-order valence-corrected chi connectivity index (χ2v) is 9.10. The first-order chi connectivity index (χ1) is 8.38. The Bertz CT molecular complexity index is 514. The van der Waals surface area contributed by atoms with E-state index in [1.165, 1.54) is 11.3 Å². The van der Waals surface area contributed by atoms with E-state index in [9.17, 15) is 8.42 Å². The van der Waals surface area contributed by atoms with Gasteiger partial charge >= 0.3 is 0 Å². The van der Waals surface area contributed by atoms with Gasteiger partial charge < -0.3 is 5.73 Å². The monoisotopic (exact) mass is 352 g/mol. The van der Waals surface area contributed by atoms with Gasteiger partial charge in [-0.05, 0) is 47.3 Å². The molecule has 1 aromatic rings. The third kappa shape index (κ3) is 2.80. The van der Waals surface area contributed by atoms with Gasteiger partial charge in [-0.3, -0.25) is 0 Å². The quantitative estimate of drug-likeness (QED) is 0.873. The molecule has 0 saturated heterocycles. The predicted molar refractivity (Wildman–Crippen MR) is 77.3 cm³/mol. The Labute approximate surface area is 120 Å². The van der Waals surface area contributed by atoms with E-state index in [1.54, 1.807) is 6.07 Å². The molecule has 3 N–H and O–H groups in total. The number of aryl methyl sites for hydroxylation is 1. The van der Waals surface area contributed by atoms with Crippen molar-refractivity contribution in [2.75, 3.05) is 6.54 Å². The first kappa shape index (κ1) is 14.5. The van der Waals surface area contributed by atoms with Gasteiger partial charge in [0.2, 0.25) is 0 Å². The van der Waals surface area contributed by atoms with Crippen LogP contribution in [0.3, 0.4) is 0 Å². The molecule has 0 atom stereocenters. The number of rotatable bonds is 4. The number of nitrogens with two attached hydrogens (primary N) is 1. The van der Waals surface area contributed by atoms with Crippen molar-refractivity contribution in [3.63, 3.8) is 0 Å². The molecule has 0 bridgehead atoms. The standard InChI is InChI=1S/C11H17BrN2O2S2/c1-8-6-9(17-10(8)12)18(15,16)14-11(7-13)4-2-3-5-11/h6,14H,2-5,7,13H2,1H3. The molecule has 7 heteroatoms. The number of nitrogens with one attached hydrogen (secondary N) is 1.